The van der Waals surface area contributed by atoms with Crippen molar-refractivity contribution in [3.8, 4) is 11.4 Å². The van der Waals surface area contributed by atoms with Crippen molar-refractivity contribution in [3.05, 3.63) is 64.7 Å². The molecular formula is C17H11ClF4N4O4S. The van der Waals surface area contributed by atoms with E-state index in [0.29, 0.717) is 0 Å². The summed E-state index contributed by atoms with van der Waals surface area (Å²) in [6, 6.07) is 7.66. The van der Waals surface area contributed by atoms with Gasteiger partial charge in [-0.1, -0.05) is 28.9 Å². The molecule has 0 aliphatic heterocycles. The zero-order valence-corrected chi connectivity index (χ0v) is 16.9. The predicted molar refractivity (Wildman–Crippen MR) is 99.0 cm³/mol. The summed E-state index contributed by atoms with van der Waals surface area (Å²) in [7, 11) is -3.51. The van der Waals surface area contributed by atoms with E-state index < -0.39 is 44.2 Å². The van der Waals surface area contributed by atoms with Crippen LogP contribution in [-0.2, 0) is 16.2 Å². The molecule has 0 saturated heterocycles. The zero-order valence-electron chi connectivity index (χ0n) is 15.3. The third-order valence-electron chi connectivity index (χ3n) is 3.89. The monoisotopic (exact) mass is 478 g/mol. The third kappa shape index (κ3) is 4.46. The van der Waals surface area contributed by atoms with Crippen LogP contribution in [0, 0.1) is 5.82 Å². The second-order valence-electron chi connectivity index (χ2n) is 5.88. The molecule has 3 rings (SSSR count). The summed E-state index contributed by atoms with van der Waals surface area (Å²) in [6.45, 7) is 0. The van der Waals surface area contributed by atoms with Crippen LogP contribution in [0.25, 0.3) is 5.69 Å². The van der Waals surface area contributed by atoms with Crippen molar-refractivity contribution >= 4 is 27.5 Å². The van der Waals surface area contributed by atoms with Crippen LogP contribution >= 0.6 is 11.6 Å². The maximum atomic E-state index is 13.8. The number of halogens is 5. The Balaban J connectivity index is 2.07. The minimum absolute atomic E-state index is 0.208. The van der Waals surface area contributed by atoms with E-state index in [2.05, 4.69) is 10.3 Å². The summed E-state index contributed by atoms with van der Waals surface area (Å²) < 4.78 is 86.0. The first-order valence-corrected chi connectivity index (χ1v) is 10.0. The highest BCUT2D eigenvalue weighted by Gasteiger charge is 2.43. The molecule has 0 fully saturated rings. The van der Waals surface area contributed by atoms with E-state index in [4.69, 9.17) is 16.3 Å². The standard InChI is InChI=1S/C17H11ClF4N4O4S/c1-30-9-6-7-12(10(18)8-9)26-15(17(20,21)22)14(23-25-26)16(27)24-31(28,29)13-5-3-2-4-11(13)19/h2-8H,1H3,(H,24,27). The minimum Gasteiger partial charge on any atom is -0.497 e. The number of methoxy groups -OCH3 is 1. The number of amides is 1. The number of ether oxygens (including phenoxy) is 1. The number of rotatable bonds is 5. The number of carbonyl (C=O) groups excluding carboxylic acids is 1. The van der Waals surface area contributed by atoms with E-state index in [9.17, 15) is 30.8 Å². The van der Waals surface area contributed by atoms with Gasteiger partial charge in [0.05, 0.1) is 17.8 Å². The van der Waals surface area contributed by atoms with Crippen molar-refractivity contribution in [1.82, 2.24) is 19.7 Å². The third-order valence-corrected chi connectivity index (χ3v) is 5.56. The SMILES string of the molecule is COc1ccc(-n2nnc(C(=O)NS(=O)(=O)c3ccccc3F)c2C(F)(F)F)c(Cl)c1. The van der Waals surface area contributed by atoms with Gasteiger partial charge in [-0.05, 0) is 24.3 Å². The van der Waals surface area contributed by atoms with Gasteiger partial charge in [-0.3, -0.25) is 4.79 Å². The first-order chi connectivity index (χ1) is 14.5. The molecule has 164 valence electrons. The highest BCUT2D eigenvalue weighted by Crippen LogP contribution is 2.35. The zero-order chi connectivity index (χ0) is 23.0. The lowest BCUT2D eigenvalue weighted by Crippen LogP contribution is -2.33. The van der Waals surface area contributed by atoms with Gasteiger partial charge in [0.2, 0.25) is 0 Å². The van der Waals surface area contributed by atoms with Gasteiger partial charge in [-0.2, -0.15) is 13.2 Å². The van der Waals surface area contributed by atoms with Crippen molar-refractivity contribution in [3.63, 3.8) is 0 Å². The fourth-order valence-corrected chi connectivity index (χ4v) is 3.82. The van der Waals surface area contributed by atoms with Gasteiger partial charge in [0.1, 0.15) is 16.5 Å². The van der Waals surface area contributed by atoms with Crippen molar-refractivity contribution in [2.24, 2.45) is 0 Å². The molecule has 0 atom stereocenters. The number of benzene rings is 2. The second-order valence-corrected chi connectivity index (χ2v) is 7.94. The summed E-state index contributed by atoms with van der Waals surface area (Å²) in [4.78, 5) is 11.4. The first-order valence-electron chi connectivity index (χ1n) is 8.14. The van der Waals surface area contributed by atoms with Gasteiger partial charge in [0.25, 0.3) is 15.9 Å². The lowest BCUT2D eigenvalue weighted by molar-refractivity contribution is -0.143. The van der Waals surface area contributed by atoms with Gasteiger partial charge in [0.15, 0.2) is 11.4 Å². The molecule has 0 spiro atoms. The van der Waals surface area contributed by atoms with E-state index in [1.54, 1.807) is 0 Å². The quantitative estimate of drug-likeness (QED) is 0.565. The molecule has 1 aromatic heterocycles. The Morgan fingerprint density at radius 1 is 1.19 bits per heavy atom. The van der Waals surface area contributed by atoms with Crippen LogP contribution in [0.4, 0.5) is 17.6 Å². The fourth-order valence-electron chi connectivity index (χ4n) is 2.53. The molecule has 0 unspecified atom stereocenters. The lowest BCUT2D eigenvalue weighted by atomic mass is 10.2. The molecule has 0 aliphatic rings. The van der Waals surface area contributed by atoms with Crippen LogP contribution in [-0.4, -0.2) is 36.4 Å². The molecule has 0 saturated carbocycles. The summed E-state index contributed by atoms with van der Waals surface area (Å²) in [5.41, 5.74) is -3.32. The molecule has 2 aromatic carbocycles. The van der Waals surface area contributed by atoms with Crippen LogP contribution in [0.2, 0.25) is 5.02 Å². The van der Waals surface area contributed by atoms with Crippen LogP contribution < -0.4 is 9.46 Å². The smallest absolute Gasteiger partial charge is 0.435 e. The minimum atomic E-state index is -5.18. The van der Waals surface area contributed by atoms with E-state index in [0.717, 1.165) is 18.2 Å². The lowest BCUT2D eigenvalue weighted by Gasteiger charge is -2.13. The number of nitrogens with one attached hydrogen (secondary N) is 1. The van der Waals surface area contributed by atoms with Gasteiger partial charge in [-0.25, -0.2) is 22.2 Å². The van der Waals surface area contributed by atoms with Crippen molar-refractivity contribution < 1.29 is 35.5 Å². The normalized spacial score (nSPS) is 11.9. The van der Waals surface area contributed by atoms with Crippen LogP contribution in [0.15, 0.2) is 47.4 Å². The summed E-state index contributed by atoms with van der Waals surface area (Å²) in [5.74, 6) is -2.71. The number of nitrogens with zero attached hydrogens (tertiary/aromatic N) is 3. The topological polar surface area (TPSA) is 103 Å². The number of hydrogen-bond acceptors (Lipinski definition) is 6. The number of carbonyl (C=O) groups is 1. The maximum Gasteiger partial charge on any atom is 0.435 e. The Morgan fingerprint density at radius 2 is 1.87 bits per heavy atom. The van der Waals surface area contributed by atoms with Gasteiger partial charge in [-0.15, -0.1) is 5.10 Å². The molecule has 1 amide bonds. The highest BCUT2D eigenvalue weighted by atomic mass is 35.5. The maximum absolute atomic E-state index is 13.8. The molecule has 14 heteroatoms. The first kappa shape index (κ1) is 22.5. The van der Waals surface area contributed by atoms with Crippen molar-refractivity contribution in [2.45, 2.75) is 11.1 Å². The average Bonchev–Trinajstić information content (AvgIpc) is 3.13. The fraction of sp³-hybridized carbons (Fsp3) is 0.118. The second kappa shape index (κ2) is 8.15. The molecule has 0 radical (unpaired) electrons. The van der Waals surface area contributed by atoms with Crippen LogP contribution in [0.5, 0.6) is 5.75 Å². The molecule has 3 aromatic rings. The summed E-state index contributed by atoms with van der Waals surface area (Å²) in [5, 5.41) is 6.27. The number of alkyl halides is 3. The number of hydrogen-bond donors (Lipinski definition) is 1. The van der Waals surface area contributed by atoms with Gasteiger partial charge < -0.3 is 4.74 Å². The molecule has 0 bridgehead atoms. The number of sulfonamides is 1. The number of aromatic nitrogens is 3. The highest BCUT2D eigenvalue weighted by molar-refractivity contribution is 7.90. The Kier molecular flexibility index (Phi) is 5.91. The van der Waals surface area contributed by atoms with E-state index in [1.807, 2.05) is 0 Å². The molecule has 1 N–H and O–H groups in total. The Labute approximate surface area is 177 Å². The molecular weight excluding hydrogens is 468 g/mol. The van der Waals surface area contributed by atoms with Crippen molar-refractivity contribution in [1.29, 1.82) is 0 Å². The van der Waals surface area contributed by atoms with Gasteiger partial charge in [0, 0.05) is 6.07 Å². The van der Waals surface area contributed by atoms with E-state index in [1.165, 1.54) is 36.1 Å². The largest absolute Gasteiger partial charge is 0.497 e. The Morgan fingerprint density at radius 3 is 2.45 bits per heavy atom. The van der Waals surface area contributed by atoms with E-state index in [-0.39, 0.29) is 21.1 Å². The average molecular weight is 479 g/mol. The summed E-state index contributed by atoms with van der Waals surface area (Å²) in [6.07, 6.45) is -5.18. The molecule has 1 heterocycles. The Bertz CT molecular complexity index is 1260. The summed E-state index contributed by atoms with van der Waals surface area (Å²) >= 11 is 5.98. The van der Waals surface area contributed by atoms with E-state index >= 15 is 0 Å². The molecule has 0 aliphatic carbocycles. The predicted octanol–water partition coefficient (Wildman–Crippen LogP) is 3.21. The van der Waals surface area contributed by atoms with Gasteiger partial charge >= 0.3 is 6.18 Å². The Hall–Kier alpha value is -3.19. The van der Waals surface area contributed by atoms with Crippen LogP contribution in [0.3, 0.4) is 0 Å². The van der Waals surface area contributed by atoms with Crippen molar-refractivity contribution in [2.75, 3.05) is 7.11 Å². The molecule has 31 heavy (non-hydrogen) atoms. The molecule has 8 nitrogen and oxygen atoms in total. The van der Waals surface area contributed by atoms with Crippen LogP contribution in [0.1, 0.15) is 16.2 Å².